The van der Waals surface area contributed by atoms with E-state index in [1.807, 2.05) is 0 Å². The second-order valence-electron chi connectivity index (χ2n) is 9.24. The molecule has 178 valence electrons. The molecule has 12 heteroatoms. The Balaban J connectivity index is 1.38. The number of fused-ring (bicyclic) bond motifs is 1. The number of ketones is 1. The molecule has 3 fully saturated rings. The number of hydrogen-bond donors (Lipinski definition) is 1. The number of nitrogens with zero attached hydrogens (tertiary/aromatic N) is 1. The molecule has 0 aromatic carbocycles. The minimum atomic E-state index is -3.96. The van der Waals surface area contributed by atoms with Crippen molar-refractivity contribution in [2.24, 2.45) is 11.1 Å². The van der Waals surface area contributed by atoms with Crippen LogP contribution in [0.1, 0.15) is 46.5 Å². The first-order valence-corrected chi connectivity index (χ1v) is 12.2. The predicted octanol–water partition coefficient (Wildman–Crippen LogP) is 1.41. The van der Waals surface area contributed by atoms with Crippen molar-refractivity contribution in [3.63, 3.8) is 0 Å². The van der Waals surface area contributed by atoms with E-state index in [1.54, 1.807) is 20.8 Å². The molecule has 11 nitrogen and oxygen atoms in total. The van der Waals surface area contributed by atoms with Crippen molar-refractivity contribution in [3.8, 4) is 0 Å². The van der Waals surface area contributed by atoms with Crippen LogP contribution in [0.3, 0.4) is 0 Å². The molecule has 0 aromatic rings. The largest absolute Gasteiger partial charge is 0.475 e. The third-order valence-corrected chi connectivity index (χ3v) is 7.62. The van der Waals surface area contributed by atoms with Gasteiger partial charge in [0.1, 0.15) is 12.2 Å². The normalized spacial score (nSPS) is 38.2. The fourth-order valence-electron chi connectivity index (χ4n) is 4.15. The molecule has 5 atom stereocenters. The highest BCUT2D eigenvalue weighted by atomic mass is 31.2. The van der Waals surface area contributed by atoms with Crippen molar-refractivity contribution in [1.82, 2.24) is 4.90 Å². The number of esters is 1. The Kier molecular flexibility index (Phi) is 6.11. The maximum atomic E-state index is 13.1. The molecule has 32 heavy (non-hydrogen) atoms. The fourth-order valence-corrected chi connectivity index (χ4v) is 5.64. The predicted molar refractivity (Wildman–Crippen MR) is 109 cm³/mol. The lowest BCUT2D eigenvalue weighted by Gasteiger charge is -2.38. The second kappa shape index (κ2) is 8.30. The van der Waals surface area contributed by atoms with Gasteiger partial charge >= 0.3 is 13.8 Å². The van der Waals surface area contributed by atoms with Gasteiger partial charge in [-0.2, -0.15) is 0 Å². The SMILES string of the molecule is CC(C)OC(=O)C1(CCO[P@@]2(=O)OC[C@H]3O[C@@H](N4C=CC(=O)CC4=O)[C@](C)(N)[C@@H]3O2)CC1. The molecule has 0 bridgehead atoms. The van der Waals surface area contributed by atoms with Crippen LogP contribution < -0.4 is 5.73 Å². The summed E-state index contributed by atoms with van der Waals surface area (Å²) in [5.41, 5.74) is 4.61. The summed E-state index contributed by atoms with van der Waals surface area (Å²) in [6.45, 7) is 5.08. The highest BCUT2D eigenvalue weighted by molar-refractivity contribution is 7.48. The van der Waals surface area contributed by atoms with Crippen molar-refractivity contribution in [2.45, 2.75) is 76.5 Å². The highest BCUT2D eigenvalue weighted by Crippen LogP contribution is 2.58. The Morgan fingerprint density at radius 1 is 1.38 bits per heavy atom. The van der Waals surface area contributed by atoms with Gasteiger partial charge in [-0.1, -0.05) is 0 Å². The van der Waals surface area contributed by atoms with E-state index in [0.717, 1.165) is 0 Å². The number of amides is 1. The average Bonchev–Trinajstić information content (AvgIpc) is 3.43. The molecular formula is C20H29N2O9P. The van der Waals surface area contributed by atoms with Crippen LogP contribution in [-0.2, 0) is 42.0 Å². The second-order valence-corrected chi connectivity index (χ2v) is 10.9. The van der Waals surface area contributed by atoms with E-state index in [2.05, 4.69) is 0 Å². The molecule has 4 aliphatic rings. The van der Waals surface area contributed by atoms with Gasteiger partial charge in [-0.15, -0.1) is 0 Å². The van der Waals surface area contributed by atoms with Gasteiger partial charge in [-0.25, -0.2) is 4.57 Å². The molecule has 0 aromatic heterocycles. The molecule has 2 N–H and O–H groups in total. The minimum Gasteiger partial charge on any atom is -0.463 e. The van der Waals surface area contributed by atoms with Crippen molar-refractivity contribution >= 4 is 25.5 Å². The number of carbonyl (C=O) groups excluding carboxylic acids is 3. The van der Waals surface area contributed by atoms with Crippen LogP contribution in [0.4, 0.5) is 0 Å². The summed E-state index contributed by atoms with van der Waals surface area (Å²) in [5, 5.41) is 0. The maximum absolute atomic E-state index is 13.1. The van der Waals surface area contributed by atoms with Gasteiger partial charge in [-0.05, 0) is 46.1 Å². The van der Waals surface area contributed by atoms with Crippen LogP contribution in [0.15, 0.2) is 12.3 Å². The number of allylic oxidation sites excluding steroid dienone is 1. The van der Waals surface area contributed by atoms with Crippen LogP contribution >= 0.6 is 7.82 Å². The molecule has 4 rings (SSSR count). The van der Waals surface area contributed by atoms with Gasteiger partial charge in [0.15, 0.2) is 12.0 Å². The lowest BCUT2D eigenvalue weighted by molar-refractivity contribution is -0.154. The number of phosphoric ester groups is 1. The van der Waals surface area contributed by atoms with Gasteiger partial charge in [0.25, 0.3) is 0 Å². The van der Waals surface area contributed by atoms with E-state index >= 15 is 0 Å². The molecule has 2 saturated heterocycles. The number of phosphoric acid groups is 1. The van der Waals surface area contributed by atoms with E-state index < -0.39 is 43.1 Å². The lowest BCUT2D eigenvalue weighted by Crippen LogP contribution is -2.60. The molecule has 3 aliphatic heterocycles. The van der Waals surface area contributed by atoms with Gasteiger partial charge in [-0.3, -0.25) is 32.9 Å². The first kappa shape index (κ1) is 23.5. The maximum Gasteiger partial charge on any atom is 0.475 e. The van der Waals surface area contributed by atoms with Crippen molar-refractivity contribution in [3.05, 3.63) is 12.3 Å². The summed E-state index contributed by atoms with van der Waals surface area (Å²) in [7, 11) is -3.96. The lowest BCUT2D eigenvalue weighted by atomic mass is 9.92. The molecule has 1 amide bonds. The first-order valence-electron chi connectivity index (χ1n) is 10.7. The fraction of sp³-hybridized carbons (Fsp3) is 0.750. The number of nitrogens with two attached hydrogens (primary N) is 1. The quantitative estimate of drug-likeness (QED) is 0.328. The summed E-state index contributed by atoms with van der Waals surface area (Å²) >= 11 is 0. The summed E-state index contributed by atoms with van der Waals surface area (Å²) < 4.78 is 40.7. The summed E-state index contributed by atoms with van der Waals surface area (Å²) in [6.07, 6.45) is 1.38. The Bertz CT molecular complexity index is 882. The van der Waals surface area contributed by atoms with E-state index in [9.17, 15) is 18.9 Å². The Morgan fingerprint density at radius 2 is 2.09 bits per heavy atom. The van der Waals surface area contributed by atoms with Gasteiger partial charge in [0.05, 0.1) is 36.7 Å². The zero-order valence-corrected chi connectivity index (χ0v) is 19.2. The average molecular weight is 472 g/mol. The minimum absolute atomic E-state index is 0.0110. The van der Waals surface area contributed by atoms with Crippen molar-refractivity contribution in [1.29, 1.82) is 0 Å². The molecule has 1 saturated carbocycles. The van der Waals surface area contributed by atoms with Crippen molar-refractivity contribution < 1.29 is 42.0 Å². The smallest absolute Gasteiger partial charge is 0.463 e. The number of rotatable bonds is 7. The highest BCUT2D eigenvalue weighted by Gasteiger charge is 2.60. The molecule has 0 unspecified atom stereocenters. The van der Waals surface area contributed by atoms with Crippen LogP contribution in [0.5, 0.6) is 0 Å². The topological polar surface area (TPSA) is 144 Å². The summed E-state index contributed by atoms with van der Waals surface area (Å²) in [5.74, 6) is -1.02. The summed E-state index contributed by atoms with van der Waals surface area (Å²) in [4.78, 5) is 37.3. The van der Waals surface area contributed by atoms with Crippen LogP contribution in [-0.4, -0.2) is 65.9 Å². The number of ether oxygens (including phenoxy) is 2. The molecular weight excluding hydrogens is 443 g/mol. The first-order chi connectivity index (χ1) is 15.0. The van der Waals surface area contributed by atoms with E-state index in [0.29, 0.717) is 19.3 Å². The molecule has 1 aliphatic carbocycles. The molecule has 0 spiro atoms. The molecule has 3 heterocycles. The van der Waals surface area contributed by atoms with Crippen LogP contribution in [0, 0.1) is 5.41 Å². The van der Waals surface area contributed by atoms with Gasteiger partial charge in [0, 0.05) is 6.20 Å². The summed E-state index contributed by atoms with van der Waals surface area (Å²) in [6, 6.07) is 0. The van der Waals surface area contributed by atoms with Crippen molar-refractivity contribution in [2.75, 3.05) is 13.2 Å². The van der Waals surface area contributed by atoms with Crippen LogP contribution in [0.2, 0.25) is 0 Å². The zero-order valence-electron chi connectivity index (χ0n) is 18.4. The van der Waals surface area contributed by atoms with Gasteiger partial charge < -0.3 is 15.2 Å². The van der Waals surface area contributed by atoms with E-state index in [1.165, 1.54) is 17.2 Å². The van der Waals surface area contributed by atoms with Crippen LogP contribution in [0.25, 0.3) is 0 Å². The van der Waals surface area contributed by atoms with E-state index in [4.69, 9.17) is 28.8 Å². The van der Waals surface area contributed by atoms with Gasteiger partial charge in [0.2, 0.25) is 5.91 Å². The number of hydrogen-bond acceptors (Lipinski definition) is 10. The van der Waals surface area contributed by atoms with E-state index in [-0.39, 0.29) is 37.5 Å². The Morgan fingerprint density at radius 3 is 2.72 bits per heavy atom. The number of carbonyl (C=O) groups is 3. The Hall–Kier alpha value is -1.62. The third kappa shape index (κ3) is 4.42. The Labute approximate surface area is 186 Å². The third-order valence-electron chi connectivity index (χ3n) is 6.17. The standard InChI is InChI=1S/C20H29N2O9P/c1-12(2)29-18(25)20(5-6-20)7-9-27-32(26)28-11-14-16(31-32)19(3,21)17(30-14)22-8-4-13(23)10-15(22)24/h4,8,12,14,16-17H,5-7,9-11,21H2,1-3H3/t14-,16-,17-,19-,32+/m1/s1. The zero-order chi connectivity index (χ0) is 23.3. The monoisotopic (exact) mass is 472 g/mol. The molecule has 0 radical (unpaired) electrons.